The molecule has 0 atom stereocenters. The number of furan rings is 1. The molecule has 0 amide bonds. The third-order valence-corrected chi connectivity index (χ3v) is 3.37. The highest BCUT2D eigenvalue weighted by molar-refractivity contribution is 6.30. The van der Waals surface area contributed by atoms with Crippen molar-refractivity contribution in [2.24, 2.45) is 0 Å². The van der Waals surface area contributed by atoms with Crippen LogP contribution in [0.15, 0.2) is 59.2 Å². The molecule has 4 nitrogen and oxygen atoms in total. The molecule has 3 aromatic rings. The highest BCUT2D eigenvalue weighted by atomic mass is 35.5. The Balaban J connectivity index is 1.68. The lowest BCUT2D eigenvalue weighted by Gasteiger charge is -2.06. The van der Waals surface area contributed by atoms with Gasteiger partial charge in [0.2, 0.25) is 0 Å². The van der Waals surface area contributed by atoms with Gasteiger partial charge in [0, 0.05) is 17.0 Å². The highest BCUT2D eigenvalue weighted by Crippen LogP contribution is 2.21. The van der Waals surface area contributed by atoms with E-state index in [1.54, 1.807) is 18.2 Å². The average Bonchev–Trinajstić information content (AvgIpc) is 3.04. The van der Waals surface area contributed by atoms with Crippen LogP contribution in [0.25, 0.3) is 17.0 Å². The highest BCUT2D eigenvalue weighted by Gasteiger charge is 2.07. The van der Waals surface area contributed by atoms with E-state index in [1.807, 2.05) is 30.3 Å². The van der Waals surface area contributed by atoms with E-state index in [9.17, 15) is 4.79 Å². The van der Waals surface area contributed by atoms with Crippen LogP contribution in [-0.2, 0) is 16.1 Å². The van der Waals surface area contributed by atoms with Gasteiger partial charge >= 0.3 is 5.97 Å². The summed E-state index contributed by atoms with van der Waals surface area (Å²) < 4.78 is 10.3. The lowest BCUT2D eigenvalue weighted by molar-refractivity contribution is -0.138. The van der Waals surface area contributed by atoms with E-state index < -0.39 is 5.97 Å². The Bertz CT molecular complexity index is 825. The topological polar surface area (TPSA) is 52.3 Å². The maximum atomic E-state index is 11.7. The zero-order valence-electron chi connectivity index (χ0n) is 11.5. The third-order valence-electron chi connectivity index (χ3n) is 3.05. The van der Waals surface area contributed by atoms with Gasteiger partial charge in [-0.1, -0.05) is 29.8 Å². The maximum Gasteiger partial charge on any atom is 0.331 e. The number of rotatable bonds is 4. The van der Waals surface area contributed by atoms with Crippen LogP contribution in [0.4, 0.5) is 0 Å². The molecule has 5 heteroatoms. The number of hydrogen-bond acceptors (Lipinski definition) is 4. The van der Waals surface area contributed by atoms with Gasteiger partial charge in [0.25, 0.3) is 0 Å². The fraction of sp³-hybridized carbons (Fsp3) is 0.0588. The van der Waals surface area contributed by atoms with Gasteiger partial charge in [-0.2, -0.15) is 0 Å². The number of pyridine rings is 1. The standard InChI is InChI=1S/C17H12ClNO3/c18-17-13(10-12-4-1-2-6-15(12)19-17)11-22-16(20)8-7-14-5-3-9-21-14/h1-10H,11H2/b8-7-. The van der Waals surface area contributed by atoms with Crippen molar-refractivity contribution in [3.8, 4) is 0 Å². The van der Waals surface area contributed by atoms with E-state index >= 15 is 0 Å². The molecule has 0 aliphatic carbocycles. The second kappa shape index (κ2) is 6.45. The second-order valence-corrected chi connectivity index (χ2v) is 4.95. The van der Waals surface area contributed by atoms with Crippen molar-refractivity contribution in [1.29, 1.82) is 0 Å². The maximum absolute atomic E-state index is 11.7. The molecule has 0 bridgehead atoms. The fourth-order valence-corrected chi connectivity index (χ4v) is 2.17. The normalized spacial score (nSPS) is 11.1. The van der Waals surface area contributed by atoms with E-state index in [0.717, 1.165) is 10.9 Å². The minimum atomic E-state index is -0.472. The quantitative estimate of drug-likeness (QED) is 0.411. The van der Waals surface area contributed by atoms with Crippen LogP contribution in [0.1, 0.15) is 11.3 Å². The van der Waals surface area contributed by atoms with Gasteiger partial charge in [-0.3, -0.25) is 0 Å². The molecule has 2 aromatic heterocycles. The molecule has 0 fully saturated rings. The zero-order chi connectivity index (χ0) is 15.4. The second-order valence-electron chi connectivity index (χ2n) is 4.59. The van der Waals surface area contributed by atoms with E-state index in [4.69, 9.17) is 20.8 Å². The molecule has 1 aromatic carbocycles. The summed E-state index contributed by atoms with van der Waals surface area (Å²) in [6.45, 7) is 0.0675. The Morgan fingerprint density at radius 1 is 1.27 bits per heavy atom. The predicted octanol–water partition coefficient (Wildman–Crippen LogP) is 4.24. The van der Waals surface area contributed by atoms with E-state index in [1.165, 1.54) is 12.3 Å². The van der Waals surface area contributed by atoms with Gasteiger partial charge in [-0.25, -0.2) is 9.78 Å². The lowest BCUT2D eigenvalue weighted by atomic mass is 10.2. The van der Waals surface area contributed by atoms with Crippen LogP contribution in [0, 0.1) is 0 Å². The molecular weight excluding hydrogens is 302 g/mol. The molecule has 0 spiro atoms. The number of hydrogen-bond donors (Lipinski definition) is 0. The van der Waals surface area contributed by atoms with Crippen molar-refractivity contribution < 1.29 is 13.9 Å². The molecule has 2 heterocycles. The Morgan fingerprint density at radius 3 is 2.95 bits per heavy atom. The summed E-state index contributed by atoms with van der Waals surface area (Å²) >= 11 is 6.11. The van der Waals surface area contributed by atoms with Crippen molar-refractivity contribution in [2.75, 3.05) is 0 Å². The Kier molecular flexibility index (Phi) is 4.21. The molecule has 3 rings (SSSR count). The Hall–Kier alpha value is -2.59. The van der Waals surface area contributed by atoms with Crippen LogP contribution in [-0.4, -0.2) is 11.0 Å². The molecule has 0 aliphatic rings. The van der Waals surface area contributed by atoms with Crippen molar-refractivity contribution in [1.82, 2.24) is 4.98 Å². The smallest absolute Gasteiger partial charge is 0.331 e. The van der Waals surface area contributed by atoms with Crippen LogP contribution in [0.5, 0.6) is 0 Å². The summed E-state index contributed by atoms with van der Waals surface area (Å²) in [5.74, 6) is 0.114. The number of benzene rings is 1. The fourth-order valence-electron chi connectivity index (χ4n) is 1.97. The van der Waals surface area contributed by atoms with Crippen molar-refractivity contribution in [3.63, 3.8) is 0 Å². The van der Waals surface area contributed by atoms with Crippen molar-refractivity contribution in [3.05, 3.63) is 71.3 Å². The number of nitrogens with zero attached hydrogens (tertiary/aromatic N) is 1. The molecule has 0 saturated heterocycles. The number of carbonyl (C=O) groups excluding carboxylic acids is 1. The Morgan fingerprint density at radius 2 is 2.14 bits per heavy atom. The van der Waals surface area contributed by atoms with Gasteiger partial charge in [-0.15, -0.1) is 0 Å². The lowest BCUT2D eigenvalue weighted by Crippen LogP contribution is -2.02. The van der Waals surface area contributed by atoms with Crippen molar-refractivity contribution >= 4 is 34.5 Å². The molecule has 0 aliphatic heterocycles. The van der Waals surface area contributed by atoms with Crippen LogP contribution >= 0.6 is 11.6 Å². The van der Waals surface area contributed by atoms with E-state index in [-0.39, 0.29) is 6.61 Å². The number of para-hydroxylation sites is 1. The average molecular weight is 314 g/mol. The number of aromatic nitrogens is 1. The van der Waals surface area contributed by atoms with Gasteiger partial charge in [0.05, 0.1) is 11.8 Å². The number of esters is 1. The van der Waals surface area contributed by atoms with E-state index in [0.29, 0.717) is 16.5 Å². The summed E-state index contributed by atoms with van der Waals surface area (Å²) in [7, 11) is 0. The van der Waals surface area contributed by atoms with E-state index in [2.05, 4.69) is 4.98 Å². The SMILES string of the molecule is O=C(/C=C\c1ccco1)OCc1cc2ccccc2nc1Cl. The van der Waals surface area contributed by atoms with Gasteiger partial charge in [0.1, 0.15) is 17.5 Å². The summed E-state index contributed by atoms with van der Waals surface area (Å²) in [5.41, 5.74) is 1.47. The van der Waals surface area contributed by atoms with Crippen molar-refractivity contribution in [2.45, 2.75) is 6.61 Å². The summed E-state index contributed by atoms with van der Waals surface area (Å²) in [6, 6.07) is 13.0. The predicted molar refractivity (Wildman–Crippen MR) is 84.3 cm³/mol. The van der Waals surface area contributed by atoms with Crippen LogP contribution < -0.4 is 0 Å². The summed E-state index contributed by atoms with van der Waals surface area (Å²) in [6.07, 6.45) is 4.38. The number of fused-ring (bicyclic) bond motifs is 1. The summed E-state index contributed by atoms with van der Waals surface area (Å²) in [4.78, 5) is 16.0. The van der Waals surface area contributed by atoms with Gasteiger partial charge < -0.3 is 9.15 Å². The molecular formula is C17H12ClNO3. The largest absolute Gasteiger partial charge is 0.465 e. The molecule has 0 saturated carbocycles. The number of ether oxygens (including phenoxy) is 1. The first-order chi connectivity index (χ1) is 10.7. The molecule has 0 unspecified atom stereocenters. The van der Waals surface area contributed by atoms with Crippen LogP contribution in [0.3, 0.4) is 0 Å². The minimum Gasteiger partial charge on any atom is -0.465 e. The van der Waals surface area contributed by atoms with Crippen LogP contribution in [0.2, 0.25) is 5.15 Å². The molecule has 0 N–H and O–H groups in total. The first-order valence-electron chi connectivity index (χ1n) is 6.65. The number of halogens is 1. The first kappa shape index (κ1) is 14.4. The molecule has 22 heavy (non-hydrogen) atoms. The van der Waals surface area contributed by atoms with Gasteiger partial charge in [-0.05, 0) is 30.3 Å². The Labute approximate surface area is 132 Å². The zero-order valence-corrected chi connectivity index (χ0v) is 12.3. The number of carbonyl (C=O) groups is 1. The molecule has 0 radical (unpaired) electrons. The molecule has 110 valence electrons. The minimum absolute atomic E-state index is 0.0675. The summed E-state index contributed by atoms with van der Waals surface area (Å²) in [5, 5.41) is 1.28. The van der Waals surface area contributed by atoms with Gasteiger partial charge in [0.15, 0.2) is 0 Å². The first-order valence-corrected chi connectivity index (χ1v) is 7.03. The monoisotopic (exact) mass is 313 g/mol. The third kappa shape index (κ3) is 3.35.